The van der Waals surface area contributed by atoms with Crippen molar-refractivity contribution in [2.75, 3.05) is 30.8 Å². The number of anilines is 1. The Hall–Kier alpha value is -2.11. The van der Waals surface area contributed by atoms with Gasteiger partial charge < -0.3 is 14.6 Å². The molecule has 1 amide bonds. The van der Waals surface area contributed by atoms with Crippen molar-refractivity contribution in [1.82, 2.24) is 19.1 Å². The van der Waals surface area contributed by atoms with E-state index in [0.29, 0.717) is 31.4 Å². The molecule has 1 aliphatic carbocycles. The highest BCUT2D eigenvalue weighted by atomic mass is 32.2. The number of aromatic nitrogens is 3. The van der Waals surface area contributed by atoms with Crippen molar-refractivity contribution in [2.45, 2.75) is 69.5 Å². The molecule has 0 saturated heterocycles. The maximum atomic E-state index is 13.1. The fourth-order valence-electron chi connectivity index (χ4n) is 3.55. The summed E-state index contributed by atoms with van der Waals surface area (Å²) in [6.07, 6.45) is 2.21. The molecular formula is C22H33N5O4S2. The molecule has 1 heterocycles. The lowest BCUT2D eigenvalue weighted by Crippen LogP contribution is -2.31. The number of amides is 1. The molecule has 1 fully saturated rings. The van der Waals surface area contributed by atoms with Gasteiger partial charge in [-0.25, -0.2) is 8.42 Å². The molecule has 1 aromatic heterocycles. The summed E-state index contributed by atoms with van der Waals surface area (Å²) in [6, 6.07) is 5.12. The van der Waals surface area contributed by atoms with E-state index in [4.69, 9.17) is 4.74 Å². The number of sulfonamides is 1. The minimum atomic E-state index is -3.75. The SMILES string of the molecule is CCOc1ccc(NC(=O)CSc2nnc(C(C)C)n2C2CC2)cc1S(=O)(=O)N(CC)CC. The molecule has 1 aliphatic rings. The van der Waals surface area contributed by atoms with Crippen LogP contribution in [0.25, 0.3) is 0 Å². The average Bonchev–Trinajstić information content (AvgIpc) is 3.52. The van der Waals surface area contributed by atoms with Gasteiger partial charge in [-0.05, 0) is 38.0 Å². The Morgan fingerprint density at radius 3 is 2.52 bits per heavy atom. The van der Waals surface area contributed by atoms with Gasteiger partial charge in [-0.2, -0.15) is 4.31 Å². The molecule has 2 aromatic rings. The van der Waals surface area contributed by atoms with E-state index in [1.54, 1.807) is 32.9 Å². The Bertz CT molecular complexity index is 1080. The number of benzene rings is 1. The molecule has 3 rings (SSSR count). The molecule has 0 spiro atoms. The standard InChI is InChI=1S/C22H33N5O4S2/c1-6-26(7-2)33(29,30)19-13-16(9-12-18(19)31-8-3)23-20(28)14-32-22-25-24-21(15(4)5)27(22)17-10-11-17/h9,12-13,15,17H,6-8,10-11,14H2,1-5H3,(H,23,28). The van der Waals surface area contributed by atoms with Gasteiger partial charge in [0.2, 0.25) is 15.9 Å². The highest BCUT2D eigenvalue weighted by Crippen LogP contribution is 2.40. The zero-order chi connectivity index (χ0) is 24.2. The van der Waals surface area contributed by atoms with E-state index in [1.807, 2.05) is 0 Å². The first-order valence-corrected chi connectivity index (χ1v) is 13.8. The number of ether oxygens (including phenoxy) is 1. The first kappa shape index (κ1) is 25.5. The highest BCUT2D eigenvalue weighted by molar-refractivity contribution is 7.99. The molecule has 1 N–H and O–H groups in total. The van der Waals surface area contributed by atoms with Crippen molar-refractivity contribution >= 4 is 33.4 Å². The number of carbonyl (C=O) groups excluding carboxylic acids is 1. The maximum Gasteiger partial charge on any atom is 0.246 e. The Balaban J connectivity index is 1.75. The summed E-state index contributed by atoms with van der Waals surface area (Å²) in [4.78, 5) is 12.7. The number of nitrogens with zero attached hydrogens (tertiary/aromatic N) is 4. The Morgan fingerprint density at radius 2 is 1.94 bits per heavy atom. The highest BCUT2D eigenvalue weighted by Gasteiger charge is 2.31. The monoisotopic (exact) mass is 495 g/mol. The van der Waals surface area contributed by atoms with Crippen molar-refractivity contribution in [3.63, 3.8) is 0 Å². The van der Waals surface area contributed by atoms with E-state index in [-0.39, 0.29) is 28.2 Å². The number of nitrogens with one attached hydrogen (secondary N) is 1. The van der Waals surface area contributed by atoms with Crippen LogP contribution in [0, 0.1) is 0 Å². The third-order valence-electron chi connectivity index (χ3n) is 5.30. The van der Waals surface area contributed by atoms with Gasteiger partial charge in [0.15, 0.2) is 5.16 Å². The van der Waals surface area contributed by atoms with Crippen LogP contribution in [0.3, 0.4) is 0 Å². The molecule has 0 radical (unpaired) electrons. The van der Waals surface area contributed by atoms with Crippen LogP contribution in [0.1, 0.15) is 65.2 Å². The van der Waals surface area contributed by atoms with Gasteiger partial charge >= 0.3 is 0 Å². The van der Waals surface area contributed by atoms with Gasteiger partial charge in [-0.1, -0.05) is 39.5 Å². The van der Waals surface area contributed by atoms with Gasteiger partial charge in [0.1, 0.15) is 16.5 Å². The van der Waals surface area contributed by atoms with E-state index in [2.05, 4.69) is 33.9 Å². The summed E-state index contributed by atoms with van der Waals surface area (Å²) in [7, 11) is -3.75. The maximum absolute atomic E-state index is 13.1. The molecule has 0 atom stereocenters. The van der Waals surface area contributed by atoms with Crippen molar-refractivity contribution in [3.8, 4) is 5.75 Å². The quantitative estimate of drug-likeness (QED) is 0.445. The zero-order valence-corrected chi connectivity index (χ0v) is 21.5. The molecule has 0 aliphatic heterocycles. The van der Waals surface area contributed by atoms with Gasteiger partial charge in [0, 0.05) is 30.7 Å². The van der Waals surface area contributed by atoms with Crippen LogP contribution in [-0.4, -0.2) is 58.8 Å². The fraction of sp³-hybridized carbons (Fsp3) is 0.591. The third kappa shape index (κ3) is 5.88. The number of rotatable bonds is 12. The normalized spacial score (nSPS) is 14.2. The number of thioether (sulfide) groups is 1. The van der Waals surface area contributed by atoms with E-state index in [0.717, 1.165) is 23.8 Å². The molecular weight excluding hydrogens is 462 g/mol. The lowest BCUT2D eigenvalue weighted by Gasteiger charge is -2.21. The predicted octanol–water partition coefficient (Wildman–Crippen LogP) is 3.90. The predicted molar refractivity (Wildman–Crippen MR) is 129 cm³/mol. The number of hydrogen-bond acceptors (Lipinski definition) is 7. The lowest BCUT2D eigenvalue weighted by atomic mass is 10.2. The number of carbonyl (C=O) groups is 1. The number of hydrogen-bond donors (Lipinski definition) is 1. The van der Waals surface area contributed by atoms with Crippen LogP contribution in [0.15, 0.2) is 28.3 Å². The molecule has 11 heteroatoms. The lowest BCUT2D eigenvalue weighted by molar-refractivity contribution is -0.113. The van der Waals surface area contributed by atoms with Gasteiger partial charge in [0.25, 0.3) is 0 Å². The van der Waals surface area contributed by atoms with Crippen LogP contribution in [-0.2, 0) is 14.8 Å². The largest absolute Gasteiger partial charge is 0.492 e. The van der Waals surface area contributed by atoms with Crippen LogP contribution < -0.4 is 10.1 Å². The zero-order valence-electron chi connectivity index (χ0n) is 19.9. The van der Waals surface area contributed by atoms with Crippen molar-refractivity contribution < 1.29 is 17.9 Å². The first-order valence-electron chi connectivity index (χ1n) is 11.4. The Labute approximate surface area is 200 Å². The second kappa shape index (κ2) is 10.9. The van der Waals surface area contributed by atoms with E-state index in [1.165, 1.54) is 22.1 Å². The molecule has 1 saturated carbocycles. The summed E-state index contributed by atoms with van der Waals surface area (Å²) in [5.41, 5.74) is 0.404. The fourth-order valence-corrected chi connectivity index (χ4v) is 5.98. The van der Waals surface area contributed by atoms with Crippen LogP contribution in [0.4, 0.5) is 5.69 Å². The van der Waals surface area contributed by atoms with Crippen LogP contribution >= 0.6 is 11.8 Å². The Morgan fingerprint density at radius 1 is 1.24 bits per heavy atom. The minimum Gasteiger partial charge on any atom is -0.492 e. The first-order chi connectivity index (χ1) is 15.7. The third-order valence-corrected chi connectivity index (χ3v) is 8.32. The minimum absolute atomic E-state index is 0.0496. The molecule has 33 heavy (non-hydrogen) atoms. The molecule has 1 aromatic carbocycles. The smallest absolute Gasteiger partial charge is 0.246 e. The average molecular weight is 496 g/mol. The molecule has 0 bridgehead atoms. The van der Waals surface area contributed by atoms with Crippen molar-refractivity contribution in [3.05, 3.63) is 24.0 Å². The van der Waals surface area contributed by atoms with E-state index >= 15 is 0 Å². The molecule has 0 unspecified atom stereocenters. The topological polar surface area (TPSA) is 106 Å². The summed E-state index contributed by atoms with van der Waals surface area (Å²) < 4.78 is 35.3. The van der Waals surface area contributed by atoms with Crippen LogP contribution in [0.2, 0.25) is 0 Å². The van der Waals surface area contributed by atoms with Crippen molar-refractivity contribution in [1.29, 1.82) is 0 Å². The second-order valence-electron chi connectivity index (χ2n) is 8.12. The van der Waals surface area contributed by atoms with E-state index < -0.39 is 10.0 Å². The molecule has 9 nitrogen and oxygen atoms in total. The van der Waals surface area contributed by atoms with Gasteiger partial charge in [0.05, 0.1) is 12.4 Å². The summed E-state index contributed by atoms with van der Waals surface area (Å²) in [6.45, 7) is 10.6. The summed E-state index contributed by atoms with van der Waals surface area (Å²) in [5, 5.41) is 12.2. The summed E-state index contributed by atoms with van der Waals surface area (Å²) in [5.74, 6) is 1.38. The van der Waals surface area contributed by atoms with Crippen molar-refractivity contribution in [2.24, 2.45) is 0 Å². The van der Waals surface area contributed by atoms with Gasteiger partial charge in [-0.3, -0.25) is 4.79 Å². The Kier molecular flexibility index (Phi) is 8.41. The summed E-state index contributed by atoms with van der Waals surface area (Å²) >= 11 is 1.34. The van der Waals surface area contributed by atoms with E-state index in [9.17, 15) is 13.2 Å². The van der Waals surface area contributed by atoms with Gasteiger partial charge in [-0.15, -0.1) is 10.2 Å². The second-order valence-corrected chi connectivity index (χ2v) is 11.0. The molecule has 182 valence electrons. The van der Waals surface area contributed by atoms with Crippen LogP contribution in [0.5, 0.6) is 5.75 Å².